The van der Waals surface area contributed by atoms with E-state index in [0.717, 1.165) is 27.6 Å². The van der Waals surface area contributed by atoms with Crippen LogP contribution in [0.25, 0.3) is 44.3 Å². The van der Waals surface area contributed by atoms with E-state index in [1.165, 1.54) is 0 Å². The molecule has 5 nitrogen and oxygen atoms in total. The van der Waals surface area contributed by atoms with Gasteiger partial charge >= 0.3 is 0 Å². The van der Waals surface area contributed by atoms with Gasteiger partial charge in [0.2, 0.25) is 0 Å². The van der Waals surface area contributed by atoms with Gasteiger partial charge in [0.15, 0.2) is 5.76 Å². The maximum atomic E-state index is 9.82. The Morgan fingerprint density at radius 2 is 1.67 bits per heavy atom. The van der Waals surface area contributed by atoms with Gasteiger partial charge < -0.3 is 14.5 Å². The number of hydrogen-bond acceptors (Lipinski definition) is 5. The molecule has 1 N–H and O–H groups in total. The van der Waals surface area contributed by atoms with Crippen LogP contribution >= 0.6 is 0 Å². The number of nitrogens with zero attached hydrogens (tertiary/aromatic N) is 3. The van der Waals surface area contributed by atoms with E-state index < -0.39 is 0 Å². The van der Waals surface area contributed by atoms with Gasteiger partial charge in [-0.1, -0.05) is 53.5 Å². The van der Waals surface area contributed by atoms with E-state index in [2.05, 4.69) is 45.2 Å². The summed E-state index contributed by atoms with van der Waals surface area (Å²) in [6.07, 6.45) is 7.60. The summed E-state index contributed by atoms with van der Waals surface area (Å²) in [6.45, 7) is 0. The zero-order valence-corrected chi connectivity index (χ0v) is 18.3. The standard InChI is InChI=1S/C28H21N3O2/c1-4-23-27(30-32)24-14-11-20(18-9-12-22(13-10-18)31(2)3)16-26(24)33-28(23)25-15-19-7-5-6-8-21(19)17-29-25/h1,5-17,32H,2-3H3/b30-27-. The van der Waals surface area contributed by atoms with Crippen molar-refractivity contribution in [3.05, 3.63) is 89.9 Å². The minimum atomic E-state index is 0.290. The van der Waals surface area contributed by atoms with Crippen molar-refractivity contribution in [2.45, 2.75) is 0 Å². The van der Waals surface area contributed by atoms with Crippen molar-refractivity contribution in [2.75, 3.05) is 19.0 Å². The molecule has 0 amide bonds. The van der Waals surface area contributed by atoms with Gasteiger partial charge in [0, 0.05) is 36.8 Å². The van der Waals surface area contributed by atoms with Crippen LogP contribution in [0.2, 0.25) is 0 Å². The SMILES string of the molecule is C#Cc1c(-c2cc3ccccc3cn2)oc2cc(-c3ccc(N(C)C)cc3)ccc2/c1=N\O. The molecule has 0 saturated carbocycles. The molecule has 5 heteroatoms. The average Bonchev–Trinajstić information content (AvgIpc) is 2.86. The number of benzene rings is 3. The predicted octanol–water partition coefficient (Wildman–Crippen LogP) is 5.65. The number of hydrogen-bond donors (Lipinski definition) is 1. The highest BCUT2D eigenvalue weighted by molar-refractivity contribution is 5.88. The molecule has 2 aromatic heterocycles. The summed E-state index contributed by atoms with van der Waals surface area (Å²) < 4.78 is 6.30. The van der Waals surface area contributed by atoms with Gasteiger partial charge in [0.1, 0.15) is 16.6 Å². The second-order valence-electron chi connectivity index (χ2n) is 7.97. The first-order valence-electron chi connectivity index (χ1n) is 10.5. The van der Waals surface area contributed by atoms with Crippen molar-refractivity contribution >= 4 is 27.4 Å². The van der Waals surface area contributed by atoms with Crippen LogP contribution < -0.4 is 10.3 Å². The monoisotopic (exact) mass is 431 g/mol. The third kappa shape index (κ3) is 3.58. The molecule has 0 aliphatic rings. The number of pyridine rings is 1. The molecule has 160 valence electrons. The van der Waals surface area contributed by atoms with Crippen molar-refractivity contribution in [2.24, 2.45) is 5.16 Å². The first-order valence-corrected chi connectivity index (χ1v) is 10.5. The molecule has 0 atom stereocenters. The Bertz CT molecular complexity index is 1610. The highest BCUT2D eigenvalue weighted by atomic mass is 16.4. The van der Waals surface area contributed by atoms with E-state index in [1.807, 2.05) is 62.6 Å². The molecule has 0 aliphatic carbocycles. The quantitative estimate of drug-likeness (QED) is 0.228. The molecule has 0 unspecified atom stereocenters. The minimum Gasteiger partial charge on any atom is -0.453 e. The molecule has 0 aliphatic heterocycles. The van der Waals surface area contributed by atoms with E-state index in [0.29, 0.717) is 33.3 Å². The van der Waals surface area contributed by atoms with Crippen LogP contribution in [0.15, 0.2) is 88.6 Å². The van der Waals surface area contributed by atoms with Crippen LogP contribution in [-0.4, -0.2) is 24.3 Å². The van der Waals surface area contributed by atoms with Crippen LogP contribution in [0.3, 0.4) is 0 Å². The average molecular weight is 431 g/mol. The highest BCUT2D eigenvalue weighted by Gasteiger charge is 2.16. The Morgan fingerprint density at radius 3 is 2.36 bits per heavy atom. The normalized spacial score (nSPS) is 11.6. The zero-order valence-electron chi connectivity index (χ0n) is 18.3. The highest BCUT2D eigenvalue weighted by Crippen LogP contribution is 2.30. The summed E-state index contributed by atoms with van der Waals surface area (Å²) in [6, 6.07) is 23.9. The molecule has 0 radical (unpaired) electrons. The number of terminal acetylenes is 1. The van der Waals surface area contributed by atoms with Crippen molar-refractivity contribution in [1.29, 1.82) is 0 Å². The summed E-state index contributed by atoms with van der Waals surface area (Å²) >= 11 is 0. The minimum absolute atomic E-state index is 0.290. The van der Waals surface area contributed by atoms with Crippen molar-refractivity contribution < 1.29 is 9.62 Å². The van der Waals surface area contributed by atoms with Crippen LogP contribution in [-0.2, 0) is 0 Å². The maximum Gasteiger partial charge on any atom is 0.171 e. The Hall–Kier alpha value is -4.56. The summed E-state index contributed by atoms with van der Waals surface area (Å²) in [7, 11) is 4.02. The van der Waals surface area contributed by atoms with Gasteiger partial charge in [0.25, 0.3) is 0 Å². The lowest BCUT2D eigenvalue weighted by molar-refractivity contribution is 0.302. The Morgan fingerprint density at radius 1 is 0.939 bits per heavy atom. The van der Waals surface area contributed by atoms with Crippen LogP contribution in [0.1, 0.15) is 5.56 Å². The van der Waals surface area contributed by atoms with Crippen molar-refractivity contribution in [3.8, 4) is 34.9 Å². The van der Waals surface area contributed by atoms with E-state index in [1.54, 1.807) is 6.20 Å². The van der Waals surface area contributed by atoms with Gasteiger partial charge in [-0.3, -0.25) is 4.98 Å². The number of rotatable bonds is 3. The number of aromatic nitrogens is 1. The van der Waals surface area contributed by atoms with Gasteiger partial charge in [-0.25, -0.2) is 0 Å². The molecule has 0 fully saturated rings. The lowest BCUT2D eigenvalue weighted by Gasteiger charge is -2.13. The van der Waals surface area contributed by atoms with E-state index in [4.69, 9.17) is 10.8 Å². The van der Waals surface area contributed by atoms with Gasteiger partial charge in [-0.15, -0.1) is 6.42 Å². The molecule has 33 heavy (non-hydrogen) atoms. The summed E-state index contributed by atoms with van der Waals surface area (Å²) in [4.78, 5) is 6.61. The van der Waals surface area contributed by atoms with Crippen LogP contribution in [0.4, 0.5) is 5.69 Å². The first kappa shape index (κ1) is 20.3. The lowest BCUT2D eigenvalue weighted by atomic mass is 10.0. The number of anilines is 1. The van der Waals surface area contributed by atoms with Crippen molar-refractivity contribution in [3.63, 3.8) is 0 Å². The third-order valence-electron chi connectivity index (χ3n) is 5.74. The van der Waals surface area contributed by atoms with E-state index >= 15 is 0 Å². The smallest absolute Gasteiger partial charge is 0.171 e. The second-order valence-corrected chi connectivity index (χ2v) is 7.97. The largest absolute Gasteiger partial charge is 0.453 e. The van der Waals surface area contributed by atoms with Crippen LogP contribution in [0.5, 0.6) is 0 Å². The van der Waals surface area contributed by atoms with Gasteiger partial charge in [-0.2, -0.15) is 0 Å². The predicted molar refractivity (Wildman–Crippen MR) is 132 cm³/mol. The Kier molecular flexibility index (Phi) is 5.04. The summed E-state index contributed by atoms with van der Waals surface area (Å²) in [5.74, 6) is 3.02. The molecule has 5 rings (SSSR count). The molecule has 5 aromatic rings. The molecule has 0 bridgehead atoms. The topological polar surface area (TPSA) is 61.9 Å². The second kappa shape index (κ2) is 8.18. The fraction of sp³-hybridized carbons (Fsp3) is 0.0714. The third-order valence-corrected chi connectivity index (χ3v) is 5.74. The molecule has 0 saturated heterocycles. The Labute approximate surface area is 191 Å². The van der Waals surface area contributed by atoms with E-state index in [-0.39, 0.29) is 0 Å². The molecule has 0 spiro atoms. The summed E-state index contributed by atoms with van der Waals surface area (Å²) in [5.41, 5.74) is 4.64. The maximum absolute atomic E-state index is 9.82. The molecule has 2 heterocycles. The number of fused-ring (bicyclic) bond motifs is 2. The lowest BCUT2D eigenvalue weighted by Crippen LogP contribution is -2.11. The molecular formula is C28H21N3O2. The van der Waals surface area contributed by atoms with E-state index in [9.17, 15) is 5.21 Å². The Balaban J connectivity index is 1.73. The van der Waals surface area contributed by atoms with Crippen LogP contribution in [0, 0.1) is 12.3 Å². The zero-order chi connectivity index (χ0) is 22.9. The molecular weight excluding hydrogens is 410 g/mol. The summed E-state index contributed by atoms with van der Waals surface area (Å²) in [5, 5.41) is 16.3. The first-order chi connectivity index (χ1) is 16.1. The fourth-order valence-corrected chi connectivity index (χ4v) is 3.96. The fourth-order valence-electron chi connectivity index (χ4n) is 3.96. The molecule has 3 aromatic carbocycles. The van der Waals surface area contributed by atoms with Crippen molar-refractivity contribution in [1.82, 2.24) is 4.98 Å². The van der Waals surface area contributed by atoms with Gasteiger partial charge in [0.05, 0.1) is 5.56 Å². The van der Waals surface area contributed by atoms with Gasteiger partial charge in [-0.05, 0) is 46.8 Å².